The molecule has 0 atom stereocenters. The number of anilines is 2. The van der Waals surface area contributed by atoms with Crippen LogP contribution in [0.3, 0.4) is 0 Å². The van der Waals surface area contributed by atoms with Crippen LogP contribution in [0.2, 0.25) is 0 Å². The Bertz CT molecular complexity index is 895. The van der Waals surface area contributed by atoms with Crippen molar-refractivity contribution in [2.45, 2.75) is 94.8 Å². The van der Waals surface area contributed by atoms with Gasteiger partial charge in [0.15, 0.2) is 17.0 Å². The topological polar surface area (TPSA) is 117 Å². The summed E-state index contributed by atoms with van der Waals surface area (Å²) < 4.78 is 2.29. The van der Waals surface area contributed by atoms with E-state index in [0.717, 1.165) is 81.6 Å². The first-order valence-corrected chi connectivity index (χ1v) is 13.1. The number of rotatable bonds is 8. The Morgan fingerprint density at radius 1 is 0.939 bits per heavy atom. The molecule has 0 bridgehead atoms. The van der Waals surface area contributed by atoms with E-state index in [-0.39, 0.29) is 6.61 Å². The van der Waals surface area contributed by atoms with Gasteiger partial charge in [0.05, 0.1) is 6.33 Å². The number of aliphatic hydroxyl groups is 1. The van der Waals surface area contributed by atoms with Gasteiger partial charge in [0.2, 0.25) is 5.95 Å². The minimum atomic E-state index is 0.267. The maximum Gasteiger partial charge on any atom is 0.227 e. The molecule has 0 radical (unpaired) electrons. The third-order valence-corrected chi connectivity index (χ3v) is 7.81. The number of hydrogen-bond donors (Lipinski definition) is 4. The zero-order chi connectivity index (χ0) is 22.6. The molecule has 3 aliphatic rings. The fourth-order valence-corrected chi connectivity index (χ4v) is 5.77. The molecule has 2 saturated carbocycles. The van der Waals surface area contributed by atoms with E-state index in [0.29, 0.717) is 30.1 Å². The average molecular weight is 457 g/mol. The number of aromatic nitrogens is 4. The van der Waals surface area contributed by atoms with Crippen LogP contribution in [-0.2, 0) is 0 Å². The molecule has 5 N–H and O–H groups in total. The van der Waals surface area contributed by atoms with Crippen LogP contribution in [0.4, 0.5) is 11.8 Å². The number of aliphatic hydroxyl groups excluding tert-OH is 1. The predicted molar refractivity (Wildman–Crippen MR) is 131 cm³/mol. The number of nitrogens with zero attached hydrogens (tertiary/aromatic N) is 5. The van der Waals surface area contributed by atoms with Gasteiger partial charge in [0, 0.05) is 50.4 Å². The third kappa shape index (κ3) is 5.41. The highest BCUT2D eigenvalue weighted by Gasteiger charge is 2.25. The van der Waals surface area contributed by atoms with Crippen molar-refractivity contribution in [1.82, 2.24) is 24.4 Å². The fourth-order valence-electron chi connectivity index (χ4n) is 5.77. The summed E-state index contributed by atoms with van der Waals surface area (Å²) in [6.07, 6.45) is 14.2. The maximum absolute atomic E-state index is 9.11. The van der Waals surface area contributed by atoms with Crippen LogP contribution in [0, 0.1) is 0 Å². The minimum Gasteiger partial charge on any atom is -0.396 e. The fraction of sp³-hybridized carbons (Fsp3) is 0.792. The van der Waals surface area contributed by atoms with Crippen molar-refractivity contribution < 1.29 is 5.11 Å². The Hall–Kier alpha value is -1.97. The first-order valence-electron chi connectivity index (χ1n) is 13.1. The number of imidazole rings is 1. The number of fused-ring (bicyclic) bond motifs is 1. The molecule has 0 aromatic carbocycles. The van der Waals surface area contributed by atoms with Gasteiger partial charge < -0.3 is 30.9 Å². The molecular weight excluding hydrogens is 416 g/mol. The van der Waals surface area contributed by atoms with Gasteiger partial charge in [-0.3, -0.25) is 0 Å². The molecule has 3 fully saturated rings. The summed E-state index contributed by atoms with van der Waals surface area (Å²) >= 11 is 0. The van der Waals surface area contributed by atoms with Crippen molar-refractivity contribution >= 4 is 22.9 Å². The van der Waals surface area contributed by atoms with Crippen LogP contribution in [0.1, 0.15) is 76.7 Å². The lowest BCUT2D eigenvalue weighted by molar-refractivity contribution is 0.192. The largest absolute Gasteiger partial charge is 0.396 e. The lowest BCUT2D eigenvalue weighted by Crippen LogP contribution is -2.40. The van der Waals surface area contributed by atoms with Gasteiger partial charge in [-0.05, 0) is 57.8 Å². The van der Waals surface area contributed by atoms with Crippen LogP contribution in [0.5, 0.6) is 0 Å². The number of piperidine rings is 1. The number of hydrogen-bond acceptors (Lipinski definition) is 8. The van der Waals surface area contributed by atoms with Gasteiger partial charge >= 0.3 is 0 Å². The molecule has 2 aliphatic carbocycles. The maximum atomic E-state index is 9.11. The molecule has 1 aliphatic heterocycles. The van der Waals surface area contributed by atoms with Gasteiger partial charge in [-0.15, -0.1) is 0 Å². The Kier molecular flexibility index (Phi) is 7.27. The Morgan fingerprint density at radius 3 is 2.39 bits per heavy atom. The van der Waals surface area contributed by atoms with Gasteiger partial charge in [-0.25, -0.2) is 4.98 Å². The highest BCUT2D eigenvalue weighted by Crippen LogP contribution is 2.33. The van der Waals surface area contributed by atoms with Crippen molar-refractivity contribution in [3.05, 3.63) is 6.33 Å². The van der Waals surface area contributed by atoms with E-state index < -0.39 is 0 Å². The summed E-state index contributed by atoms with van der Waals surface area (Å²) in [4.78, 5) is 17.1. The summed E-state index contributed by atoms with van der Waals surface area (Å²) in [5.74, 6) is 1.58. The molecule has 2 aromatic rings. The molecular formula is C24H40N8O. The van der Waals surface area contributed by atoms with Gasteiger partial charge in [0.1, 0.15) is 0 Å². The first kappa shape index (κ1) is 22.8. The highest BCUT2D eigenvalue weighted by molar-refractivity contribution is 5.84. The molecule has 2 aromatic heterocycles. The van der Waals surface area contributed by atoms with Crippen molar-refractivity contribution in [3.63, 3.8) is 0 Å². The van der Waals surface area contributed by atoms with Crippen molar-refractivity contribution in [1.29, 1.82) is 0 Å². The second-order valence-corrected chi connectivity index (χ2v) is 10.3. The van der Waals surface area contributed by atoms with E-state index in [2.05, 4.69) is 20.1 Å². The number of likely N-dealkylation sites (tertiary alicyclic amines) is 1. The smallest absolute Gasteiger partial charge is 0.227 e. The molecule has 182 valence electrons. The summed E-state index contributed by atoms with van der Waals surface area (Å²) in [7, 11) is 0. The van der Waals surface area contributed by atoms with E-state index >= 15 is 0 Å². The van der Waals surface area contributed by atoms with Gasteiger partial charge in [-0.2, -0.15) is 9.97 Å². The summed E-state index contributed by atoms with van der Waals surface area (Å²) in [5, 5.41) is 16.5. The summed E-state index contributed by atoms with van der Waals surface area (Å²) in [6.45, 7) is 3.35. The van der Waals surface area contributed by atoms with Crippen LogP contribution in [0.15, 0.2) is 6.33 Å². The molecule has 3 heterocycles. The summed E-state index contributed by atoms with van der Waals surface area (Å²) in [6, 6.07) is 1.59. The predicted octanol–water partition coefficient (Wildman–Crippen LogP) is 2.88. The quantitative estimate of drug-likeness (QED) is 0.479. The molecule has 33 heavy (non-hydrogen) atoms. The van der Waals surface area contributed by atoms with E-state index in [1.807, 2.05) is 6.33 Å². The first-order chi connectivity index (χ1) is 16.2. The Labute approximate surface area is 196 Å². The normalized spacial score (nSPS) is 25.6. The monoisotopic (exact) mass is 456 g/mol. The van der Waals surface area contributed by atoms with Crippen molar-refractivity contribution in [2.24, 2.45) is 5.73 Å². The number of nitrogens with one attached hydrogen (secondary N) is 2. The van der Waals surface area contributed by atoms with E-state index in [1.165, 1.54) is 25.7 Å². The van der Waals surface area contributed by atoms with Crippen molar-refractivity contribution in [3.8, 4) is 0 Å². The van der Waals surface area contributed by atoms with Gasteiger partial charge in [-0.1, -0.05) is 12.8 Å². The molecule has 0 spiro atoms. The molecule has 0 amide bonds. The molecule has 1 saturated heterocycles. The Balaban J connectivity index is 1.35. The lowest BCUT2D eigenvalue weighted by Gasteiger charge is -2.32. The minimum absolute atomic E-state index is 0.267. The van der Waals surface area contributed by atoms with Crippen LogP contribution >= 0.6 is 0 Å². The average Bonchev–Trinajstić information content (AvgIpc) is 3.50. The third-order valence-electron chi connectivity index (χ3n) is 7.81. The zero-order valence-electron chi connectivity index (χ0n) is 19.8. The summed E-state index contributed by atoms with van der Waals surface area (Å²) in [5.41, 5.74) is 7.95. The van der Waals surface area contributed by atoms with E-state index in [1.54, 1.807) is 0 Å². The second kappa shape index (κ2) is 10.5. The van der Waals surface area contributed by atoms with E-state index in [4.69, 9.17) is 25.8 Å². The van der Waals surface area contributed by atoms with E-state index in [9.17, 15) is 0 Å². The van der Waals surface area contributed by atoms with Crippen LogP contribution < -0.4 is 16.4 Å². The molecule has 9 nitrogen and oxygen atoms in total. The lowest BCUT2D eigenvalue weighted by atomic mass is 9.92. The van der Waals surface area contributed by atoms with Crippen LogP contribution in [-0.4, -0.2) is 73.9 Å². The highest BCUT2D eigenvalue weighted by atomic mass is 16.3. The van der Waals surface area contributed by atoms with Crippen LogP contribution in [0.25, 0.3) is 11.2 Å². The molecule has 5 rings (SSSR count). The zero-order valence-corrected chi connectivity index (χ0v) is 19.8. The van der Waals surface area contributed by atoms with Gasteiger partial charge in [0.25, 0.3) is 0 Å². The molecule has 0 unspecified atom stereocenters. The second-order valence-electron chi connectivity index (χ2n) is 10.3. The molecule has 9 heteroatoms. The Morgan fingerprint density at radius 2 is 1.67 bits per heavy atom. The SMILES string of the molecule is NC1CCC(Nc2nc(NC3CCN(CCCO)CC3)c3ncn(C4CCCC4)c3n2)CC1. The standard InChI is InChI=1S/C24H40N8O/c25-17-6-8-18(9-7-17)28-24-29-22(27-19-10-13-31(14-11-19)12-3-15-33)21-23(30-24)32(16-26-21)20-4-1-2-5-20/h16-20,33H,1-15,25H2,(H2,27,28,29,30). The van der Waals surface area contributed by atoms with Crippen molar-refractivity contribution in [2.75, 3.05) is 36.9 Å². The number of nitrogens with two attached hydrogens (primary N) is 1.